The molecule has 1 saturated carbocycles. The van der Waals surface area contributed by atoms with Crippen LogP contribution in [0.15, 0.2) is 24.3 Å². The zero-order valence-corrected chi connectivity index (χ0v) is 13.6. The molecule has 24 heavy (non-hydrogen) atoms. The second kappa shape index (κ2) is 5.99. The molecule has 4 rings (SSSR count). The number of fused-ring (bicyclic) bond motifs is 1. The Bertz CT molecular complexity index is 640. The van der Waals surface area contributed by atoms with E-state index in [1.54, 1.807) is 12.1 Å². The quantitative estimate of drug-likeness (QED) is 0.918. The van der Waals surface area contributed by atoms with Crippen molar-refractivity contribution in [1.82, 2.24) is 4.90 Å². The van der Waals surface area contributed by atoms with Crippen LogP contribution in [0.2, 0.25) is 0 Å². The number of amides is 1. The largest absolute Gasteiger partial charge is 0.371 e. The van der Waals surface area contributed by atoms with E-state index in [0.29, 0.717) is 18.4 Å². The minimum atomic E-state index is -0.970. The normalized spacial score (nSPS) is 36.2. The zero-order valence-electron chi connectivity index (χ0n) is 13.6. The molecule has 1 aromatic rings. The number of carbonyl (C=O) groups is 1. The summed E-state index contributed by atoms with van der Waals surface area (Å²) in [4.78, 5) is 15.9. The van der Waals surface area contributed by atoms with Gasteiger partial charge in [0.1, 0.15) is 12.0 Å². The average molecular weight is 335 g/mol. The van der Waals surface area contributed by atoms with Gasteiger partial charge in [-0.3, -0.25) is 9.69 Å². The van der Waals surface area contributed by atoms with E-state index in [0.717, 1.165) is 31.6 Å². The van der Waals surface area contributed by atoms with Gasteiger partial charge in [0.15, 0.2) is 0 Å². The number of anilines is 1. The summed E-state index contributed by atoms with van der Waals surface area (Å²) in [6.45, 7) is 2.04. The topological polar surface area (TPSA) is 49.6 Å². The first-order chi connectivity index (χ1) is 11.5. The van der Waals surface area contributed by atoms with Crippen molar-refractivity contribution >= 4 is 11.6 Å². The van der Waals surface area contributed by atoms with Crippen molar-refractivity contribution in [1.29, 1.82) is 0 Å². The van der Waals surface area contributed by atoms with Gasteiger partial charge < -0.3 is 10.6 Å². The molecule has 3 aliphatic rings. The fraction of sp³-hybridized carbons (Fsp3) is 0.611. The van der Waals surface area contributed by atoms with Crippen LogP contribution >= 0.6 is 0 Å². The lowest BCUT2D eigenvalue weighted by molar-refractivity contribution is -0.123. The molecule has 1 aromatic carbocycles. The van der Waals surface area contributed by atoms with E-state index in [4.69, 9.17) is 5.73 Å². The lowest BCUT2D eigenvalue weighted by Gasteiger charge is -2.33. The van der Waals surface area contributed by atoms with Crippen LogP contribution < -0.4 is 10.6 Å². The van der Waals surface area contributed by atoms with Crippen molar-refractivity contribution in [2.45, 2.75) is 37.5 Å². The number of halogens is 2. The maximum atomic E-state index is 13.9. The number of nitrogens with zero attached hydrogens (tertiary/aromatic N) is 2. The fourth-order valence-electron chi connectivity index (χ4n) is 4.99. The van der Waals surface area contributed by atoms with Crippen molar-refractivity contribution < 1.29 is 13.6 Å². The molecule has 0 radical (unpaired) electrons. The number of rotatable bonds is 3. The molecule has 0 aromatic heterocycles. The number of benzene rings is 1. The molecule has 2 heterocycles. The second-order valence-corrected chi connectivity index (χ2v) is 7.40. The second-order valence-electron chi connectivity index (χ2n) is 7.40. The van der Waals surface area contributed by atoms with Crippen LogP contribution in [0, 0.1) is 17.7 Å². The molecule has 2 aliphatic heterocycles. The van der Waals surface area contributed by atoms with E-state index in [1.165, 1.54) is 6.07 Å². The standard InChI is InChI=1S/C18H23F2N3O/c19-12-2-1-3-14(6-12)22-8-11-4-5-16(15(11)10-22)23-9-13(20)7-17(23)18(21)24/h1-3,6,11,13,15-17H,4-5,7-10H2,(H2,21,24)/t11-,13-,15+,16+,17+/m1/s1. The van der Waals surface area contributed by atoms with Crippen LogP contribution in [-0.2, 0) is 4.79 Å². The summed E-state index contributed by atoms with van der Waals surface area (Å²) in [7, 11) is 0. The lowest BCUT2D eigenvalue weighted by Crippen LogP contribution is -2.48. The summed E-state index contributed by atoms with van der Waals surface area (Å²) in [5.74, 6) is 0.263. The SMILES string of the molecule is NC(=O)[C@@H]1C[C@@H](F)CN1[C@H]1CC[C@@H]2CN(c3cccc(F)c3)C[C@@H]21. The molecular formula is C18H23F2N3O. The van der Waals surface area contributed by atoms with E-state index < -0.39 is 18.1 Å². The summed E-state index contributed by atoms with van der Waals surface area (Å²) in [5, 5.41) is 0. The molecule has 6 heteroatoms. The van der Waals surface area contributed by atoms with E-state index in [9.17, 15) is 13.6 Å². The molecule has 3 fully saturated rings. The molecule has 4 nitrogen and oxygen atoms in total. The molecule has 5 atom stereocenters. The number of alkyl halides is 1. The molecule has 2 N–H and O–H groups in total. The summed E-state index contributed by atoms with van der Waals surface area (Å²) >= 11 is 0. The van der Waals surface area contributed by atoms with Gasteiger partial charge in [-0.05, 0) is 42.9 Å². The van der Waals surface area contributed by atoms with Crippen LogP contribution in [0.25, 0.3) is 0 Å². The number of nitrogens with two attached hydrogens (primary N) is 1. The summed E-state index contributed by atoms with van der Waals surface area (Å²) in [6, 6.07) is 6.40. The molecule has 130 valence electrons. The van der Waals surface area contributed by atoms with E-state index in [-0.39, 0.29) is 18.3 Å². The fourth-order valence-corrected chi connectivity index (χ4v) is 4.99. The van der Waals surface area contributed by atoms with Crippen LogP contribution in [-0.4, -0.2) is 48.7 Å². The Kier molecular flexibility index (Phi) is 3.95. The highest BCUT2D eigenvalue weighted by Gasteiger charge is 2.49. The number of hydrogen-bond acceptors (Lipinski definition) is 3. The molecule has 2 saturated heterocycles. The maximum Gasteiger partial charge on any atom is 0.234 e. The van der Waals surface area contributed by atoms with Gasteiger partial charge in [0, 0.05) is 37.8 Å². The van der Waals surface area contributed by atoms with Crippen molar-refractivity contribution in [3.05, 3.63) is 30.1 Å². The van der Waals surface area contributed by atoms with Crippen LogP contribution in [0.5, 0.6) is 0 Å². The van der Waals surface area contributed by atoms with Crippen molar-refractivity contribution in [3.8, 4) is 0 Å². The molecule has 0 spiro atoms. The summed E-state index contributed by atoms with van der Waals surface area (Å²) in [5.41, 5.74) is 6.39. The van der Waals surface area contributed by atoms with E-state index in [1.807, 2.05) is 11.0 Å². The van der Waals surface area contributed by atoms with Crippen LogP contribution in [0.3, 0.4) is 0 Å². The van der Waals surface area contributed by atoms with E-state index in [2.05, 4.69) is 4.90 Å². The third kappa shape index (κ3) is 2.66. The Morgan fingerprint density at radius 2 is 2.04 bits per heavy atom. The third-order valence-corrected chi connectivity index (χ3v) is 6.04. The van der Waals surface area contributed by atoms with Crippen molar-refractivity contribution in [3.63, 3.8) is 0 Å². The Balaban J connectivity index is 1.51. The minimum absolute atomic E-state index is 0.201. The van der Waals surface area contributed by atoms with Gasteiger partial charge >= 0.3 is 0 Å². The van der Waals surface area contributed by atoms with Crippen LogP contribution in [0.1, 0.15) is 19.3 Å². The first-order valence-electron chi connectivity index (χ1n) is 8.72. The van der Waals surface area contributed by atoms with Gasteiger partial charge in [-0.1, -0.05) is 6.07 Å². The molecule has 1 amide bonds. The highest BCUT2D eigenvalue weighted by molar-refractivity contribution is 5.80. The Labute approximate surface area is 140 Å². The number of carbonyl (C=O) groups excluding carboxylic acids is 1. The Morgan fingerprint density at radius 1 is 1.21 bits per heavy atom. The van der Waals surface area contributed by atoms with Gasteiger partial charge in [0.2, 0.25) is 5.91 Å². The van der Waals surface area contributed by atoms with Gasteiger partial charge in [0.25, 0.3) is 0 Å². The van der Waals surface area contributed by atoms with Crippen molar-refractivity contribution in [2.75, 3.05) is 24.5 Å². The van der Waals surface area contributed by atoms with Gasteiger partial charge in [-0.2, -0.15) is 0 Å². The third-order valence-electron chi connectivity index (χ3n) is 6.04. The Hall–Kier alpha value is -1.69. The smallest absolute Gasteiger partial charge is 0.234 e. The first-order valence-corrected chi connectivity index (χ1v) is 8.72. The van der Waals surface area contributed by atoms with Crippen molar-refractivity contribution in [2.24, 2.45) is 17.6 Å². The van der Waals surface area contributed by atoms with E-state index >= 15 is 0 Å². The van der Waals surface area contributed by atoms with Gasteiger partial charge in [-0.25, -0.2) is 8.78 Å². The monoisotopic (exact) mass is 335 g/mol. The zero-order chi connectivity index (χ0) is 16.8. The lowest BCUT2D eigenvalue weighted by atomic mass is 9.96. The van der Waals surface area contributed by atoms with Gasteiger partial charge in [-0.15, -0.1) is 0 Å². The average Bonchev–Trinajstić information content (AvgIpc) is 3.20. The summed E-state index contributed by atoms with van der Waals surface area (Å²) in [6.07, 6.45) is 1.31. The predicted octanol–water partition coefficient (Wildman–Crippen LogP) is 1.94. The Morgan fingerprint density at radius 3 is 2.79 bits per heavy atom. The highest BCUT2D eigenvalue weighted by Crippen LogP contribution is 2.44. The minimum Gasteiger partial charge on any atom is -0.371 e. The summed E-state index contributed by atoms with van der Waals surface area (Å²) < 4.78 is 27.4. The molecule has 0 unspecified atom stereocenters. The van der Waals surface area contributed by atoms with Gasteiger partial charge in [0.05, 0.1) is 6.04 Å². The van der Waals surface area contributed by atoms with Crippen LogP contribution in [0.4, 0.5) is 14.5 Å². The first kappa shape index (κ1) is 15.8. The molecular weight excluding hydrogens is 312 g/mol. The number of primary amides is 1. The predicted molar refractivity (Wildman–Crippen MR) is 87.8 cm³/mol. The molecule has 0 bridgehead atoms. The highest BCUT2D eigenvalue weighted by atomic mass is 19.1. The number of likely N-dealkylation sites (tertiary alicyclic amines) is 1. The maximum absolute atomic E-state index is 13.9. The number of hydrogen-bond donors (Lipinski definition) is 1. The molecule has 1 aliphatic carbocycles.